The molecule has 2 atom stereocenters. The fourth-order valence-corrected chi connectivity index (χ4v) is 4.78. The van der Waals surface area contributed by atoms with E-state index in [9.17, 15) is 41.0 Å². The van der Waals surface area contributed by atoms with Crippen LogP contribution in [0.1, 0.15) is 29.2 Å². The molecule has 0 aliphatic carbocycles. The van der Waals surface area contributed by atoms with E-state index in [0.717, 1.165) is 15.7 Å². The number of aliphatic hydroxyl groups is 1. The van der Waals surface area contributed by atoms with Crippen molar-refractivity contribution in [2.75, 3.05) is 6.54 Å². The van der Waals surface area contributed by atoms with Gasteiger partial charge in [-0.25, -0.2) is 24.1 Å². The number of likely N-dealkylation sites (tertiary alicyclic amines) is 1. The first-order valence-corrected chi connectivity index (χ1v) is 13.0. The normalized spacial score (nSPS) is 16.6. The topological polar surface area (TPSA) is 124 Å². The van der Waals surface area contributed by atoms with Crippen LogP contribution in [0.4, 0.5) is 26.3 Å². The summed E-state index contributed by atoms with van der Waals surface area (Å²) in [6.07, 6.45) is -10.2. The van der Waals surface area contributed by atoms with Crippen molar-refractivity contribution in [2.24, 2.45) is 0 Å². The molecule has 1 aromatic carbocycles. The number of carbonyl (C=O) groups excluding carboxylic acids is 1. The van der Waals surface area contributed by atoms with E-state index in [0.29, 0.717) is 14.5 Å². The Labute approximate surface area is 243 Å². The molecule has 4 aromatic rings. The number of halogens is 7. The molecule has 1 aliphatic heterocycles. The van der Waals surface area contributed by atoms with Crippen LogP contribution in [0.5, 0.6) is 0 Å². The SMILES string of the molecule is O=C(c1ncccc1-n1cnc(Cn2nc(-c3ccc(Cl)cc3)n(C[C@H](O)C(F)(F)F)c2=O)n1)N1CCCC1C(F)(F)F. The predicted octanol–water partition coefficient (Wildman–Crippen LogP) is 3.48. The van der Waals surface area contributed by atoms with E-state index in [1.165, 1.54) is 42.6 Å². The molecule has 18 heteroatoms. The van der Waals surface area contributed by atoms with Crippen LogP contribution in [0, 0.1) is 0 Å². The van der Waals surface area contributed by atoms with E-state index in [4.69, 9.17) is 11.6 Å². The number of aliphatic hydroxyl groups excluding tert-OH is 1. The molecule has 0 radical (unpaired) electrons. The number of hydrogen-bond donors (Lipinski definition) is 1. The number of aromatic nitrogens is 7. The van der Waals surface area contributed by atoms with Crippen molar-refractivity contribution in [1.29, 1.82) is 0 Å². The highest BCUT2D eigenvalue weighted by Crippen LogP contribution is 2.34. The molecule has 5 rings (SSSR count). The van der Waals surface area contributed by atoms with Crippen LogP contribution < -0.4 is 5.69 Å². The number of hydrogen-bond acceptors (Lipinski definition) is 7. The summed E-state index contributed by atoms with van der Waals surface area (Å²) in [6.45, 7) is -1.68. The summed E-state index contributed by atoms with van der Waals surface area (Å²) < 4.78 is 82.3. The Kier molecular flexibility index (Phi) is 8.04. The quantitative estimate of drug-likeness (QED) is 0.310. The number of pyridine rings is 1. The lowest BCUT2D eigenvalue weighted by Crippen LogP contribution is -2.45. The van der Waals surface area contributed by atoms with Crippen LogP contribution in [0.25, 0.3) is 17.1 Å². The first-order chi connectivity index (χ1) is 20.2. The van der Waals surface area contributed by atoms with Crippen molar-refractivity contribution in [2.45, 2.75) is 50.4 Å². The summed E-state index contributed by atoms with van der Waals surface area (Å²) >= 11 is 5.89. The number of rotatable bonds is 7. The second-order valence-corrected chi connectivity index (χ2v) is 10.0. The third-order valence-corrected chi connectivity index (χ3v) is 6.97. The average Bonchev–Trinajstić information content (AvgIpc) is 3.69. The van der Waals surface area contributed by atoms with E-state index in [-0.39, 0.29) is 48.0 Å². The van der Waals surface area contributed by atoms with Crippen molar-refractivity contribution < 1.29 is 36.2 Å². The monoisotopic (exact) mass is 630 g/mol. The van der Waals surface area contributed by atoms with Crippen molar-refractivity contribution in [3.8, 4) is 17.1 Å². The zero-order valence-corrected chi connectivity index (χ0v) is 22.6. The zero-order valence-electron chi connectivity index (χ0n) is 21.8. The molecule has 0 bridgehead atoms. The van der Waals surface area contributed by atoms with Gasteiger partial charge in [0, 0.05) is 23.3 Å². The maximum Gasteiger partial charge on any atom is 0.416 e. The third kappa shape index (κ3) is 6.27. The van der Waals surface area contributed by atoms with Gasteiger partial charge in [-0.1, -0.05) is 11.6 Å². The van der Waals surface area contributed by atoms with Crippen molar-refractivity contribution in [1.82, 2.24) is 39.0 Å². The average molecular weight is 631 g/mol. The summed E-state index contributed by atoms with van der Waals surface area (Å²) in [5.74, 6) is -1.20. The van der Waals surface area contributed by atoms with Gasteiger partial charge in [0.05, 0.1) is 12.2 Å². The number of amides is 1. The van der Waals surface area contributed by atoms with Gasteiger partial charge in [0.1, 0.15) is 18.9 Å². The Morgan fingerprint density at radius 1 is 1.07 bits per heavy atom. The Bertz CT molecular complexity index is 1680. The maximum atomic E-state index is 13.5. The lowest BCUT2D eigenvalue weighted by Gasteiger charge is -2.26. The van der Waals surface area contributed by atoms with E-state index in [1.807, 2.05) is 0 Å². The fourth-order valence-electron chi connectivity index (χ4n) is 4.65. The van der Waals surface area contributed by atoms with Crippen LogP contribution in [-0.4, -0.2) is 81.1 Å². The summed E-state index contributed by atoms with van der Waals surface area (Å²) in [5.41, 5.74) is -1.05. The molecule has 1 unspecified atom stereocenters. The number of nitrogens with zero attached hydrogens (tertiary/aromatic N) is 8. The van der Waals surface area contributed by atoms with Crippen molar-refractivity contribution in [3.05, 3.63) is 75.9 Å². The minimum atomic E-state index is -5.01. The largest absolute Gasteiger partial charge is 0.416 e. The third-order valence-electron chi connectivity index (χ3n) is 6.72. The highest BCUT2D eigenvalue weighted by Gasteiger charge is 2.48. The molecule has 1 N–H and O–H groups in total. The zero-order chi connectivity index (χ0) is 31.1. The highest BCUT2D eigenvalue weighted by atomic mass is 35.5. The molecule has 1 fully saturated rings. The molecule has 1 saturated heterocycles. The Morgan fingerprint density at radius 3 is 2.47 bits per heavy atom. The Balaban J connectivity index is 1.46. The maximum absolute atomic E-state index is 13.5. The molecule has 1 aliphatic rings. The van der Waals surface area contributed by atoms with Crippen LogP contribution in [-0.2, 0) is 13.1 Å². The highest BCUT2D eigenvalue weighted by molar-refractivity contribution is 6.30. The van der Waals surface area contributed by atoms with Gasteiger partial charge in [-0.05, 0) is 49.2 Å². The molecule has 3 aromatic heterocycles. The number of alkyl halides is 6. The van der Waals surface area contributed by atoms with Gasteiger partial charge in [-0.15, -0.1) is 10.2 Å². The predicted molar refractivity (Wildman–Crippen MR) is 137 cm³/mol. The summed E-state index contributed by atoms with van der Waals surface area (Å²) in [5, 5.41) is 18.3. The van der Waals surface area contributed by atoms with E-state index >= 15 is 0 Å². The lowest BCUT2D eigenvalue weighted by molar-refractivity contribution is -0.207. The smallest absolute Gasteiger partial charge is 0.382 e. The van der Waals surface area contributed by atoms with Crippen molar-refractivity contribution >= 4 is 17.5 Å². The lowest BCUT2D eigenvalue weighted by atomic mass is 10.2. The molecule has 43 heavy (non-hydrogen) atoms. The van der Waals surface area contributed by atoms with E-state index < -0.39 is 49.2 Å². The number of benzene rings is 1. The van der Waals surface area contributed by atoms with Crippen LogP contribution >= 0.6 is 11.6 Å². The second kappa shape index (κ2) is 11.4. The first kappa shape index (κ1) is 30.2. The summed E-state index contributed by atoms with van der Waals surface area (Å²) in [6, 6.07) is 6.64. The van der Waals surface area contributed by atoms with Gasteiger partial charge in [0.25, 0.3) is 5.91 Å². The molecule has 11 nitrogen and oxygen atoms in total. The molecular formula is C25H21ClF6N8O3. The van der Waals surface area contributed by atoms with Gasteiger partial charge in [0.15, 0.2) is 23.4 Å². The van der Waals surface area contributed by atoms with Gasteiger partial charge in [0.2, 0.25) is 0 Å². The Hall–Kier alpha value is -4.25. The molecule has 0 saturated carbocycles. The molecule has 228 valence electrons. The van der Waals surface area contributed by atoms with Crippen LogP contribution in [0.2, 0.25) is 5.02 Å². The van der Waals surface area contributed by atoms with E-state index in [2.05, 4.69) is 20.2 Å². The van der Waals surface area contributed by atoms with Crippen LogP contribution in [0.15, 0.2) is 53.7 Å². The Morgan fingerprint density at radius 2 is 1.79 bits per heavy atom. The molecule has 0 spiro atoms. The summed E-state index contributed by atoms with van der Waals surface area (Å²) in [7, 11) is 0. The van der Waals surface area contributed by atoms with Crippen molar-refractivity contribution in [3.63, 3.8) is 0 Å². The van der Waals surface area contributed by atoms with Gasteiger partial charge in [-0.3, -0.25) is 9.36 Å². The molecular weight excluding hydrogens is 610 g/mol. The summed E-state index contributed by atoms with van der Waals surface area (Å²) in [4.78, 5) is 35.0. The van der Waals surface area contributed by atoms with Gasteiger partial charge < -0.3 is 10.0 Å². The standard InChI is InChI=1S/C25H21ClF6N8O3/c26-15-7-5-14(6-8-15)21-36-39(23(43)38(21)11-18(41)25(30,31)32)12-19-34-13-40(35-19)16-3-1-9-33-20(16)22(42)37-10-2-4-17(37)24(27,28)29/h1,3,5-9,13,17-18,41H,2,4,10-12H2/t17?,18-/m0/s1. The van der Waals surface area contributed by atoms with Gasteiger partial charge in [-0.2, -0.15) is 26.3 Å². The second-order valence-electron chi connectivity index (χ2n) is 9.61. The molecule has 1 amide bonds. The van der Waals surface area contributed by atoms with Crippen LogP contribution in [0.3, 0.4) is 0 Å². The van der Waals surface area contributed by atoms with E-state index in [1.54, 1.807) is 0 Å². The minimum Gasteiger partial charge on any atom is -0.382 e. The first-order valence-electron chi connectivity index (χ1n) is 12.7. The molecule has 4 heterocycles. The fraction of sp³-hybridized carbons (Fsp3) is 0.360. The number of carbonyl (C=O) groups is 1. The minimum absolute atomic E-state index is 0.0205. The van der Waals surface area contributed by atoms with Gasteiger partial charge >= 0.3 is 18.0 Å².